The van der Waals surface area contributed by atoms with Crippen LogP contribution in [0.5, 0.6) is 0 Å². The van der Waals surface area contributed by atoms with Gasteiger partial charge in [-0.1, -0.05) is 0 Å². The van der Waals surface area contributed by atoms with E-state index in [0.29, 0.717) is 17.0 Å². The van der Waals surface area contributed by atoms with Crippen molar-refractivity contribution in [1.82, 2.24) is 5.32 Å². The Morgan fingerprint density at radius 1 is 1.10 bits per heavy atom. The van der Waals surface area contributed by atoms with Gasteiger partial charge < -0.3 is 10.6 Å². The zero-order chi connectivity index (χ0) is 22.2. The number of benzene rings is 1. The first-order chi connectivity index (χ1) is 14.7. The van der Waals surface area contributed by atoms with Crippen molar-refractivity contribution in [1.29, 1.82) is 0 Å². The third-order valence-corrected chi connectivity index (χ3v) is 8.51. The molecule has 2 aromatic rings. The third kappa shape index (κ3) is 4.62. The van der Waals surface area contributed by atoms with Crippen molar-refractivity contribution in [3.8, 4) is 0 Å². The van der Waals surface area contributed by atoms with Crippen molar-refractivity contribution < 1.29 is 22.9 Å². The highest BCUT2D eigenvalue weighted by Crippen LogP contribution is 2.38. The number of anilines is 1. The van der Waals surface area contributed by atoms with Crippen molar-refractivity contribution in [3.05, 3.63) is 55.9 Å². The van der Waals surface area contributed by atoms with Crippen LogP contribution in [0.1, 0.15) is 50.4 Å². The van der Waals surface area contributed by atoms with E-state index in [2.05, 4.69) is 10.6 Å². The smallest absolute Gasteiger partial charge is 0.269 e. The molecule has 1 saturated heterocycles. The molecule has 0 spiro atoms. The maximum Gasteiger partial charge on any atom is 0.269 e. The van der Waals surface area contributed by atoms with Crippen LogP contribution in [0.3, 0.4) is 0 Å². The maximum absolute atomic E-state index is 13.1. The Labute approximate surface area is 182 Å². The predicted octanol–water partition coefficient (Wildman–Crippen LogP) is 2.70. The number of hydrogen-bond acceptors (Lipinski definition) is 7. The third-order valence-electron chi connectivity index (χ3n) is 5.53. The Balaban J connectivity index is 1.58. The SMILES string of the molecule is O=C(Nc1sc2c(c1C(=O)NC1CCS(=O)(=O)C1)CCCC2)c1ccc([N+](=O)[O-])cc1. The van der Waals surface area contributed by atoms with E-state index in [4.69, 9.17) is 0 Å². The molecule has 11 heteroatoms. The lowest BCUT2D eigenvalue weighted by atomic mass is 9.95. The highest BCUT2D eigenvalue weighted by molar-refractivity contribution is 7.91. The quantitative estimate of drug-likeness (QED) is 0.517. The number of aryl methyl sites for hydroxylation is 1. The Morgan fingerprint density at radius 3 is 2.45 bits per heavy atom. The van der Waals surface area contributed by atoms with E-state index >= 15 is 0 Å². The molecule has 9 nitrogen and oxygen atoms in total. The molecule has 31 heavy (non-hydrogen) atoms. The number of nitrogens with zero attached hydrogens (tertiary/aromatic N) is 1. The summed E-state index contributed by atoms with van der Waals surface area (Å²) in [6.07, 6.45) is 3.88. The summed E-state index contributed by atoms with van der Waals surface area (Å²) in [6.45, 7) is 0. The number of carbonyl (C=O) groups excluding carboxylic acids is 2. The Morgan fingerprint density at radius 2 is 1.81 bits per heavy atom. The number of sulfone groups is 1. The highest BCUT2D eigenvalue weighted by atomic mass is 32.2. The number of nitro groups is 1. The van der Waals surface area contributed by atoms with Gasteiger partial charge in [-0.2, -0.15) is 0 Å². The zero-order valence-corrected chi connectivity index (χ0v) is 18.2. The molecule has 0 radical (unpaired) electrons. The van der Waals surface area contributed by atoms with Crippen molar-refractivity contribution in [2.45, 2.75) is 38.1 Å². The predicted molar refractivity (Wildman–Crippen MR) is 117 cm³/mol. The lowest BCUT2D eigenvalue weighted by molar-refractivity contribution is -0.384. The van der Waals surface area contributed by atoms with Crippen LogP contribution in [0.4, 0.5) is 10.7 Å². The van der Waals surface area contributed by atoms with E-state index in [1.54, 1.807) is 0 Å². The summed E-state index contributed by atoms with van der Waals surface area (Å²) in [5, 5.41) is 16.8. The van der Waals surface area contributed by atoms with Gasteiger partial charge in [0.15, 0.2) is 9.84 Å². The van der Waals surface area contributed by atoms with Crippen LogP contribution in [0.2, 0.25) is 0 Å². The molecule has 1 aromatic heterocycles. The lowest BCUT2D eigenvalue weighted by Gasteiger charge is -2.15. The highest BCUT2D eigenvalue weighted by Gasteiger charge is 2.32. The monoisotopic (exact) mass is 463 g/mol. The molecule has 1 aliphatic carbocycles. The van der Waals surface area contributed by atoms with Crippen LogP contribution in [-0.4, -0.2) is 42.7 Å². The standard InChI is InChI=1S/C20H21N3O6S2/c24-18(12-5-7-14(8-6-12)23(26)27)22-20-17(15-3-1-2-4-16(15)30-20)19(25)21-13-9-10-31(28,29)11-13/h5-8,13H,1-4,9-11H2,(H,21,25)(H,22,24). The largest absolute Gasteiger partial charge is 0.348 e. The Kier molecular flexibility index (Phi) is 5.80. The second-order valence-corrected chi connectivity index (χ2v) is 11.1. The number of fused-ring (bicyclic) bond motifs is 1. The van der Waals surface area contributed by atoms with Gasteiger partial charge in [0, 0.05) is 28.6 Å². The Bertz CT molecular complexity index is 1150. The van der Waals surface area contributed by atoms with Gasteiger partial charge in [0.25, 0.3) is 17.5 Å². The fourth-order valence-corrected chi connectivity index (χ4v) is 6.93. The molecule has 2 amide bonds. The average molecular weight is 464 g/mol. The molecule has 0 saturated carbocycles. The minimum absolute atomic E-state index is 0.0590. The van der Waals surface area contributed by atoms with Crippen LogP contribution >= 0.6 is 11.3 Å². The summed E-state index contributed by atoms with van der Waals surface area (Å²) in [5.74, 6) is -0.856. The van der Waals surface area contributed by atoms with Crippen LogP contribution < -0.4 is 10.6 Å². The summed E-state index contributed by atoms with van der Waals surface area (Å²) < 4.78 is 23.5. The van der Waals surface area contributed by atoms with Crippen LogP contribution in [-0.2, 0) is 22.7 Å². The fraction of sp³-hybridized carbons (Fsp3) is 0.400. The lowest BCUT2D eigenvalue weighted by Crippen LogP contribution is -2.36. The molecular weight excluding hydrogens is 442 g/mol. The number of carbonyl (C=O) groups is 2. The van der Waals surface area contributed by atoms with Crippen LogP contribution in [0.15, 0.2) is 24.3 Å². The first-order valence-corrected chi connectivity index (χ1v) is 12.6. The molecule has 1 atom stereocenters. The van der Waals surface area contributed by atoms with Gasteiger partial charge in [0.05, 0.1) is 22.0 Å². The molecular formula is C20H21N3O6S2. The van der Waals surface area contributed by atoms with Gasteiger partial charge in [0.2, 0.25) is 0 Å². The number of thiophene rings is 1. The number of non-ortho nitro benzene ring substituents is 1. The number of hydrogen-bond donors (Lipinski definition) is 2. The van der Waals surface area contributed by atoms with Gasteiger partial charge in [-0.3, -0.25) is 19.7 Å². The van der Waals surface area contributed by atoms with Crippen LogP contribution in [0.25, 0.3) is 0 Å². The van der Waals surface area contributed by atoms with Gasteiger partial charge in [-0.05, 0) is 49.8 Å². The molecule has 164 valence electrons. The first-order valence-electron chi connectivity index (χ1n) is 9.95. The average Bonchev–Trinajstić information content (AvgIpc) is 3.26. The van der Waals surface area contributed by atoms with Gasteiger partial charge in [0.1, 0.15) is 5.00 Å². The van der Waals surface area contributed by atoms with Crippen molar-refractivity contribution in [3.63, 3.8) is 0 Å². The summed E-state index contributed by atoms with van der Waals surface area (Å²) in [6, 6.07) is 4.80. The summed E-state index contributed by atoms with van der Waals surface area (Å²) >= 11 is 1.36. The van der Waals surface area contributed by atoms with Crippen molar-refractivity contribution >= 4 is 43.7 Å². The van der Waals surface area contributed by atoms with E-state index in [1.165, 1.54) is 35.6 Å². The second-order valence-electron chi connectivity index (χ2n) is 7.75. The molecule has 2 aliphatic rings. The number of amides is 2. The van der Waals surface area contributed by atoms with Crippen molar-refractivity contribution in [2.24, 2.45) is 0 Å². The van der Waals surface area contributed by atoms with Crippen molar-refractivity contribution in [2.75, 3.05) is 16.8 Å². The van der Waals surface area contributed by atoms with E-state index in [-0.39, 0.29) is 28.7 Å². The second kappa shape index (κ2) is 8.39. The topological polar surface area (TPSA) is 135 Å². The van der Waals surface area contributed by atoms with E-state index < -0.39 is 26.7 Å². The van der Waals surface area contributed by atoms with E-state index in [9.17, 15) is 28.1 Å². The first kappa shape index (κ1) is 21.4. The Hall–Kier alpha value is -2.79. The molecule has 1 unspecified atom stereocenters. The number of nitrogens with one attached hydrogen (secondary N) is 2. The summed E-state index contributed by atoms with van der Waals surface area (Å²) in [4.78, 5) is 37.1. The van der Waals surface area contributed by atoms with E-state index in [0.717, 1.165) is 36.1 Å². The fourth-order valence-electron chi connectivity index (χ4n) is 3.97. The molecule has 2 heterocycles. The van der Waals surface area contributed by atoms with Gasteiger partial charge in [-0.25, -0.2) is 8.42 Å². The minimum atomic E-state index is -3.13. The molecule has 0 bridgehead atoms. The maximum atomic E-state index is 13.1. The molecule has 2 N–H and O–H groups in total. The van der Waals surface area contributed by atoms with Gasteiger partial charge >= 0.3 is 0 Å². The minimum Gasteiger partial charge on any atom is -0.348 e. The zero-order valence-electron chi connectivity index (χ0n) is 16.5. The summed E-state index contributed by atoms with van der Waals surface area (Å²) in [5.41, 5.74) is 1.44. The van der Waals surface area contributed by atoms with Gasteiger partial charge in [-0.15, -0.1) is 11.3 Å². The molecule has 1 aliphatic heterocycles. The number of nitro benzene ring substituents is 1. The molecule has 4 rings (SSSR count). The summed E-state index contributed by atoms with van der Waals surface area (Å²) in [7, 11) is -3.13. The van der Waals surface area contributed by atoms with Crippen LogP contribution in [0, 0.1) is 10.1 Å². The molecule has 1 aromatic carbocycles. The van der Waals surface area contributed by atoms with E-state index in [1.807, 2.05) is 0 Å². The number of rotatable bonds is 5. The normalized spacial score (nSPS) is 19.4. The molecule has 1 fully saturated rings.